The number of hydrogen-bond acceptors (Lipinski definition) is 6. The average Bonchev–Trinajstić information content (AvgIpc) is 2.77. The van der Waals surface area contributed by atoms with Crippen LogP contribution in [0.25, 0.3) is 0 Å². The fourth-order valence-electron chi connectivity index (χ4n) is 3.23. The largest absolute Gasteiger partial charge is 0.491 e. The monoisotopic (exact) mass is 453 g/mol. The summed E-state index contributed by atoms with van der Waals surface area (Å²) in [6, 6.07) is 6.65. The zero-order chi connectivity index (χ0) is 23.3. The third-order valence-corrected chi connectivity index (χ3v) is 4.80. The van der Waals surface area contributed by atoms with Gasteiger partial charge in [0.05, 0.1) is 47.2 Å². The predicted octanol–water partition coefficient (Wildman–Crippen LogP) is 4.49. The van der Waals surface area contributed by atoms with E-state index in [-0.39, 0.29) is 29.3 Å². The number of halogens is 3. The minimum atomic E-state index is -4.62. The minimum absolute atomic E-state index is 0.0278. The molecule has 1 heterocycles. The van der Waals surface area contributed by atoms with Gasteiger partial charge in [0, 0.05) is 25.2 Å². The molecule has 0 bridgehead atoms. The Morgan fingerprint density at radius 2 is 1.94 bits per heavy atom. The smallest absolute Gasteiger partial charge is 0.416 e. The summed E-state index contributed by atoms with van der Waals surface area (Å²) in [5.41, 5.74) is -1.03. The molecule has 0 saturated carbocycles. The summed E-state index contributed by atoms with van der Waals surface area (Å²) in [4.78, 5) is 25.6. The number of anilines is 2. The second kappa shape index (κ2) is 9.86. The number of nitrogens with zero attached hydrogens (tertiary/aromatic N) is 2. The number of morpholine rings is 1. The summed E-state index contributed by atoms with van der Waals surface area (Å²) in [6.07, 6.45) is -4.01. The maximum Gasteiger partial charge on any atom is 0.416 e. The van der Waals surface area contributed by atoms with E-state index in [1.165, 1.54) is 12.1 Å². The van der Waals surface area contributed by atoms with Crippen molar-refractivity contribution >= 4 is 23.0 Å². The molecular formula is C21H22F3N3O5. The number of nitrogens with one attached hydrogen (secondary N) is 1. The zero-order valence-electron chi connectivity index (χ0n) is 17.3. The third kappa shape index (κ3) is 5.47. The number of benzene rings is 2. The number of non-ortho nitro benzene ring substituents is 1. The maximum atomic E-state index is 13.2. The Morgan fingerprint density at radius 3 is 2.56 bits per heavy atom. The first-order valence-corrected chi connectivity index (χ1v) is 9.97. The highest BCUT2D eigenvalue weighted by atomic mass is 19.4. The molecule has 0 unspecified atom stereocenters. The summed E-state index contributed by atoms with van der Waals surface area (Å²) < 4.78 is 50.4. The van der Waals surface area contributed by atoms with Crippen LogP contribution in [-0.2, 0) is 10.9 Å². The Morgan fingerprint density at radius 1 is 1.22 bits per heavy atom. The first kappa shape index (κ1) is 23.3. The van der Waals surface area contributed by atoms with Crippen LogP contribution in [0.1, 0.15) is 29.3 Å². The van der Waals surface area contributed by atoms with Crippen LogP contribution in [0.4, 0.5) is 30.2 Å². The third-order valence-electron chi connectivity index (χ3n) is 4.80. The van der Waals surface area contributed by atoms with Crippen LogP contribution in [0, 0.1) is 10.1 Å². The van der Waals surface area contributed by atoms with Gasteiger partial charge in [0.1, 0.15) is 5.75 Å². The molecule has 1 amide bonds. The number of nitro groups is 1. The number of hydrogen-bond donors (Lipinski definition) is 1. The van der Waals surface area contributed by atoms with Crippen LogP contribution in [0.5, 0.6) is 5.75 Å². The van der Waals surface area contributed by atoms with E-state index in [0.29, 0.717) is 38.4 Å². The standard InChI is InChI=1S/C21H22F3N3O5/c1-2-9-32-19-6-3-14(21(22,23)24)12-17(19)25-20(28)16-13-15(27(29)30)4-5-18(16)26-7-10-31-11-8-26/h3-6,12-13H,2,7-11H2,1H3,(H,25,28). The van der Waals surface area contributed by atoms with Crippen LogP contribution in [0.15, 0.2) is 36.4 Å². The van der Waals surface area contributed by atoms with E-state index in [1.54, 1.807) is 0 Å². The molecule has 1 fully saturated rings. The lowest BCUT2D eigenvalue weighted by atomic mass is 10.1. The van der Waals surface area contributed by atoms with Gasteiger partial charge < -0.3 is 19.7 Å². The van der Waals surface area contributed by atoms with E-state index in [9.17, 15) is 28.1 Å². The highest BCUT2D eigenvalue weighted by Gasteiger charge is 2.32. The van der Waals surface area contributed by atoms with Gasteiger partial charge in [-0.1, -0.05) is 6.92 Å². The van der Waals surface area contributed by atoms with E-state index >= 15 is 0 Å². The van der Waals surface area contributed by atoms with Gasteiger partial charge in [0.2, 0.25) is 0 Å². The first-order chi connectivity index (χ1) is 15.2. The number of carbonyl (C=O) groups excluding carboxylic acids is 1. The molecule has 0 atom stereocenters. The summed E-state index contributed by atoms with van der Waals surface area (Å²) in [7, 11) is 0. The molecule has 11 heteroatoms. The van der Waals surface area contributed by atoms with Gasteiger partial charge in [0.15, 0.2) is 0 Å². The van der Waals surface area contributed by atoms with Crippen molar-refractivity contribution in [3.63, 3.8) is 0 Å². The second-order valence-corrected chi connectivity index (χ2v) is 7.07. The van der Waals surface area contributed by atoms with Crippen molar-refractivity contribution in [3.8, 4) is 5.75 Å². The predicted molar refractivity (Wildman–Crippen MR) is 111 cm³/mol. The van der Waals surface area contributed by atoms with Gasteiger partial charge in [-0.3, -0.25) is 14.9 Å². The van der Waals surface area contributed by atoms with Gasteiger partial charge in [-0.15, -0.1) is 0 Å². The number of rotatable bonds is 7. The molecule has 0 spiro atoms. The zero-order valence-corrected chi connectivity index (χ0v) is 17.3. The molecule has 8 nitrogen and oxygen atoms in total. The quantitative estimate of drug-likeness (QED) is 0.490. The number of ether oxygens (including phenoxy) is 2. The van der Waals surface area contributed by atoms with Gasteiger partial charge in [-0.25, -0.2) is 0 Å². The van der Waals surface area contributed by atoms with Crippen LogP contribution < -0.4 is 15.0 Å². The molecule has 0 aliphatic carbocycles. The van der Waals surface area contributed by atoms with Crippen molar-refractivity contribution < 1.29 is 32.4 Å². The molecule has 3 rings (SSSR count). The topological polar surface area (TPSA) is 93.9 Å². The molecule has 1 N–H and O–H groups in total. The molecule has 32 heavy (non-hydrogen) atoms. The van der Waals surface area contributed by atoms with E-state index in [2.05, 4.69) is 5.32 Å². The summed E-state index contributed by atoms with van der Waals surface area (Å²) in [5, 5.41) is 13.7. The van der Waals surface area contributed by atoms with E-state index < -0.39 is 22.6 Å². The van der Waals surface area contributed by atoms with Gasteiger partial charge >= 0.3 is 6.18 Å². The fourth-order valence-corrected chi connectivity index (χ4v) is 3.23. The van der Waals surface area contributed by atoms with Gasteiger partial charge in [0.25, 0.3) is 11.6 Å². The second-order valence-electron chi connectivity index (χ2n) is 7.07. The molecule has 1 saturated heterocycles. The lowest BCUT2D eigenvalue weighted by molar-refractivity contribution is -0.384. The van der Waals surface area contributed by atoms with Crippen molar-refractivity contribution in [1.29, 1.82) is 0 Å². The normalized spacial score (nSPS) is 14.2. The van der Waals surface area contributed by atoms with Gasteiger partial charge in [-0.2, -0.15) is 13.2 Å². The first-order valence-electron chi connectivity index (χ1n) is 9.97. The van der Waals surface area contributed by atoms with Crippen molar-refractivity contribution in [2.45, 2.75) is 19.5 Å². The molecular weight excluding hydrogens is 431 g/mol. The van der Waals surface area contributed by atoms with Crippen molar-refractivity contribution in [2.75, 3.05) is 43.1 Å². The molecule has 2 aromatic rings. The number of carbonyl (C=O) groups is 1. The minimum Gasteiger partial charge on any atom is -0.491 e. The summed E-state index contributed by atoms with van der Waals surface area (Å²) >= 11 is 0. The lowest BCUT2D eigenvalue weighted by Crippen LogP contribution is -2.37. The van der Waals surface area contributed by atoms with Crippen molar-refractivity contribution in [3.05, 3.63) is 57.6 Å². The number of amides is 1. The molecule has 172 valence electrons. The Balaban J connectivity index is 1.99. The van der Waals surface area contributed by atoms with Crippen LogP contribution in [0.3, 0.4) is 0 Å². The average molecular weight is 453 g/mol. The summed E-state index contributed by atoms with van der Waals surface area (Å²) in [6.45, 7) is 3.84. The molecule has 1 aliphatic heterocycles. The van der Waals surface area contributed by atoms with Crippen molar-refractivity contribution in [2.24, 2.45) is 0 Å². The number of nitro benzene ring substituents is 1. The SMILES string of the molecule is CCCOc1ccc(C(F)(F)F)cc1NC(=O)c1cc([N+](=O)[O-])ccc1N1CCOCC1. The van der Waals surface area contributed by atoms with Crippen LogP contribution in [0.2, 0.25) is 0 Å². The Labute approximate surface area is 182 Å². The van der Waals surface area contributed by atoms with Crippen LogP contribution in [-0.4, -0.2) is 43.7 Å². The molecule has 2 aromatic carbocycles. The Kier molecular flexibility index (Phi) is 7.18. The van der Waals surface area contributed by atoms with Crippen LogP contribution >= 0.6 is 0 Å². The van der Waals surface area contributed by atoms with E-state index in [0.717, 1.165) is 24.3 Å². The fraction of sp³-hybridized carbons (Fsp3) is 0.381. The molecule has 1 aliphatic rings. The molecule has 0 radical (unpaired) electrons. The Hall–Kier alpha value is -3.34. The van der Waals surface area contributed by atoms with E-state index in [4.69, 9.17) is 9.47 Å². The maximum absolute atomic E-state index is 13.2. The van der Waals surface area contributed by atoms with Gasteiger partial charge in [-0.05, 0) is 30.7 Å². The highest BCUT2D eigenvalue weighted by molar-refractivity contribution is 6.09. The molecule has 0 aromatic heterocycles. The highest BCUT2D eigenvalue weighted by Crippen LogP contribution is 2.36. The summed E-state index contributed by atoms with van der Waals surface area (Å²) in [5.74, 6) is -0.706. The van der Waals surface area contributed by atoms with E-state index in [1.807, 2.05) is 11.8 Å². The number of alkyl halides is 3. The van der Waals surface area contributed by atoms with Crippen molar-refractivity contribution in [1.82, 2.24) is 0 Å². The Bertz CT molecular complexity index is 991. The lowest BCUT2D eigenvalue weighted by Gasteiger charge is -2.30.